The number of aromatic nitrogens is 3. The molecular formula is C20H31N7O2. The normalized spacial score (nSPS) is 17.7. The average molecular weight is 402 g/mol. The number of pyridine rings is 1. The standard InChI is InChI=1S/C20H31N7O2/c1-6-15(7-2)21-19(28)14-8-9-17-22-23-18(27(17)12-14)16-13-26(11-10-25(16)5)20(29)24(3)4/h8-9,12,15-16H,6-7,10-11,13H2,1-5H3,(H,21,28)/t16-/m0/s1. The monoisotopic (exact) mass is 401 g/mol. The molecule has 0 bridgehead atoms. The summed E-state index contributed by atoms with van der Waals surface area (Å²) in [7, 11) is 5.53. The maximum Gasteiger partial charge on any atom is 0.319 e. The fourth-order valence-corrected chi connectivity index (χ4v) is 3.64. The Kier molecular flexibility index (Phi) is 6.36. The van der Waals surface area contributed by atoms with Gasteiger partial charge in [0.1, 0.15) is 0 Å². The Balaban J connectivity index is 1.89. The minimum atomic E-state index is -0.0972. The van der Waals surface area contributed by atoms with E-state index < -0.39 is 0 Å². The van der Waals surface area contributed by atoms with Crippen LogP contribution in [0.5, 0.6) is 0 Å². The molecule has 158 valence electrons. The molecule has 3 heterocycles. The summed E-state index contributed by atoms with van der Waals surface area (Å²) in [6.07, 6.45) is 3.58. The van der Waals surface area contributed by atoms with Gasteiger partial charge in [-0.25, -0.2) is 4.79 Å². The summed E-state index contributed by atoms with van der Waals surface area (Å²) in [5.41, 5.74) is 1.26. The second-order valence-corrected chi connectivity index (χ2v) is 7.81. The van der Waals surface area contributed by atoms with Crippen molar-refractivity contribution in [2.75, 3.05) is 40.8 Å². The Morgan fingerprint density at radius 1 is 1.21 bits per heavy atom. The molecule has 0 radical (unpaired) electrons. The molecule has 0 aromatic carbocycles. The number of rotatable bonds is 5. The third kappa shape index (κ3) is 4.34. The van der Waals surface area contributed by atoms with Crippen molar-refractivity contribution in [1.82, 2.24) is 34.6 Å². The molecule has 0 saturated carbocycles. The lowest BCUT2D eigenvalue weighted by molar-refractivity contribution is 0.0930. The molecule has 0 unspecified atom stereocenters. The number of hydrogen-bond acceptors (Lipinski definition) is 5. The van der Waals surface area contributed by atoms with Gasteiger partial charge >= 0.3 is 6.03 Å². The summed E-state index contributed by atoms with van der Waals surface area (Å²) >= 11 is 0. The van der Waals surface area contributed by atoms with Crippen LogP contribution in [0.3, 0.4) is 0 Å². The van der Waals surface area contributed by atoms with Crippen molar-refractivity contribution in [3.8, 4) is 0 Å². The van der Waals surface area contributed by atoms with Crippen molar-refractivity contribution in [1.29, 1.82) is 0 Å². The van der Waals surface area contributed by atoms with E-state index in [-0.39, 0.29) is 24.0 Å². The summed E-state index contributed by atoms with van der Waals surface area (Å²) in [6, 6.07) is 3.64. The van der Waals surface area contributed by atoms with Crippen LogP contribution in [0.25, 0.3) is 5.65 Å². The lowest BCUT2D eigenvalue weighted by atomic mass is 10.1. The molecule has 1 saturated heterocycles. The fraction of sp³-hybridized carbons (Fsp3) is 0.600. The van der Waals surface area contributed by atoms with Gasteiger partial charge < -0.3 is 15.1 Å². The van der Waals surface area contributed by atoms with Crippen LogP contribution in [-0.4, -0.2) is 88.1 Å². The van der Waals surface area contributed by atoms with E-state index in [9.17, 15) is 9.59 Å². The molecule has 3 rings (SSSR count). The van der Waals surface area contributed by atoms with Gasteiger partial charge in [-0.1, -0.05) is 13.8 Å². The van der Waals surface area contributed by atoms with Crippen molar-refractivity contribution in [2.45, 2.75) is 38.8 Å². The van der Waals surface area contributed by atoms with E-state index in [2.05, 4.69) is 34.3 Å². The van der Waals surface area contributed by atoms with Gasteiger partial charge in [0.05, 0.1) is 11.6 Å². The first kappa shape index (κ1) is 21.0. The first-order chi connectivity index (χ1) is 13.8. The van der Waals surface area contributed by atoms with E-state index in [0.717, 1.165) is 25.2 Å². The molecule has 9 heteroatoms. The number of urea groups is 1. The zero-order valence-corrected chi connectivity index (χ0v) is 17.9. The molecule has 1 aliphatic rings. The number of carbonyl (C=O) groups is 2. The Bertz CT molecular complexity index is 875. The van der Waals surface area contributed by atoms with Gasteiger partial charge in [0, 0.05) is 46.0 Å². The summed E-state index contributed by atoms with van der Waals surface area (Å²) in [5, 5.41) is 11.7. The maximum atomic E-state index is 12.7. The highest BCUT2D eigenvalue weighted by Crippen LogP contribution is 2.24. The first-order valence-electron chi connectivity index (χ1n) is 10.2. The molecule has 3 amide bonds. The van der Waals surface area contributed by atoms with Gasteiger partial charge in [0.25, 0.3) is 5.91 Å². The van der Waals surface area contributed by atoms with Gasteiger partial charge in [0.2, 0.25) is 0 Å². The zero-order valence-electron chi connectivity index (χ0n) is 17.9. The molecule has 2 aromatic rings. The lowest BCUT2D eigenvalue weighted by Gasteiger charge is -2.39. The molecule has 29 heavy (non-hydrogen) atoms. The predicted octanol–water partition coefficient (Wildman–Crippen LogP) is 1.62. The van der Waals surface area contributed by atoms with Crippen molar-refractivity contribution >= 4 is 17.6 Å². The average Bonchev–Trinajstić information content (AvgIpc) is 3.14. The van der Waals surface area contributed by atoms with Gasteiger partial charge in [-0.15, -0.1) is 10.2 Å². The van der Waals surface area contributed by atoms with Gasteiger partial charge in [0.15, 0.2) is 11.5 Å². The number of nitrogens with one attached hydrogen (secondary N) is 1. The van der Waals surface area contributed by atoms with E-state index in [0.29, 0.717) is 24.3 Å². The summed E-state index contributed by atoms with van der Waals surface area (Å²) in [6.45, 7) is 6.07. The zero-order chi connectivity index (χ0) is 21.1. The summed E-state index contributed by atoms with van der Waals surface area (Å²) < 4.78 is 1.87. The highest BCUT2D eigenvalue weighted by Gasteiger charge is 2.32. The van der Waals surface area contributed by atoms with Crippen LogP contribution >= 0.6 is 0 Å². The Morgan fingerprint density at radius 3 is 2.59 bits per heavy atom. The van der Waals surface area contributed by atoms with E-state index in [1.807, 2.05) is 22.4 Å². The van der Waals surface area contributed by atoms with E-state index in [1.165, 1.54) is 0 Å². The van der Waals surface area contributed by atoms with E-state index in [1.54, 1.807) is 31.3 Å². The molecule has 1 atom stereocenters. The van der Waals surface area contributed by atoms with Crippen molar-refractivity contribution in [2.24, 2.45) is 0 Å². The minimum absolute atomic E-state index is 0.0119. The number of amides is 3. The third-order valence-corrected chi connectivity index (χ3v) is 5.61. The Labute approximate surface area is 171 Å². The number of fused-ring (bicyclic) bond motifs is 1. The highest BCUT2D eigenvalue weighted by atomic mass is 16.2. The van der Waals surface area contributed by atoms with Gasteiger partial charge in [-0.3, -0.25) is 14.1 Å². The largest absolute Gasteiger partial charge is 0.349 e. The van der Waals surface area contributed by atoms with Crippen LogP contribution < -0.4 is 5.32 Å². The van der Waals surface area contributed by atoms with Crippen LogP contribution in [0.4, 0.5) is 4.79 Å². The number of piperazine rings is 1. The molecule has 2 aromatic heterocycles. The predicted molar refractivity (Wildman–Crippen MR) is 111 cm³/mol. The summed E-state index contributed by atoms with van der Waals surface area (Å²) in [4.78, 5) is 30.7. The molecule has 0 aliphatic carbocycles. The highest BCUT2D eigenvalue weighted by molar-refractivity contribution is 5.94. The molecule has 0 spiro atoms. The fourth-order valence-electron chi connectivity index (χ4n) is 3.64. The number of nitrogens with zero attached hydrogens (tertiary/aromatic N) is 6. The number of hydrogen-bond donors (Lipinski definition) is 1. The Morgan fingerprint density at radius 2 is 1.93 bits per heavy atom. The minimum Gasteiger partial charge on any atom is -0.349 e. The second kappa shape index (κ2) is 8.77. The number of likely N-dealkylation sites (N-methyl/N-ethyl adjacent to an activating group) is 1. The molecular weight excluding hydrogens is 370 g/mol. The smallest absolute Gasteiger partial charge is 0.319 e. The lowest BCUT2D eigenvalue weighted by Crippen LogP contribution is -2.52. The maximum absolute atomic E-state index is 12.7. The molecule has 1 N–H and O–H groups in total. The van der Waals surface area contributed by atoms with Crippen LogP contribution in [0.15, 0.2) is 18.3 Å². The van der Waals surface area contributed by atoms with Crippen LogP contribution in [-0.2, 0) is 0 Å². The van der Waals surface area contributed by atoms with Gasteiger partial charge in [-0.05, 0) is 32.0 Å². The second-order valence-electron chi connectivity index (χ2n) is 7.81. The van der Waals surface area contributed by atoms with Crippen molar-refractivity contribution < 1.29 is 9.59 Å². The number of carbonyl (C=O) groups excluding carboxylic acids is 2. The SMILES string of the molecule is CCC(CC)NC(=O)c1ccc2nnc([C@@H]3CN(C(=O)N(C)C)CCN3C)n2c1. The van der Waals surface area contributed by atoms with Crippen LogP contribution in [0, 0.1) is 0 Å². The van der Waals surface area contributed by atoms with Gasteiger partial charge in [-0.2, -0.15) is 0 Å². The third-order valence-electron chi connectivity index (χ3n) is 5.61. The summed E-state index contributed by atoms with van der Waals surface area (Å²) in [5.74, 6) is 0.637. The van der Waals surface area contributed by atoms with Crippen LogP contribution in [0.2, 0.25) is 0 Å². The van der Waals surface area contributed by atoms with E-state index in [4.69, 9.17) is 0 Å². The quantitative estimate of drug-likeness (QED) is 0.823. The van der Waals surface area contributed by atoms with E-state index >= 15 is 0 Å². The Hall–Kier alpha value is -2.68. The molecule has 1 fully saturated rings. The van der Waals surface area contributed by atoms with Crippen molar-refractivity contribution in [3.05, 3.63) is 29.7 Å². The van der Waals surface area contributed by atoms with Crippen molar-refractivity contribution in [3.63, 3.8) is 0 Å². The molecule has 1 aliphatic heterocycles. The van der Waals surface area contributed by atoms with Crippen LogP contribution in [0.1, 0.15) is 48.9 Å². The topological polar surface area (TPSA) is 86.1 Å². The molecule has 9 nitrogen and oxygen atoms in total. The first-order valence-corrected chi connectivity index (χ1v) is 10.2.